The van der Waals surface area contributed by atoms with Crippen molar-refractivity contribution in [3.8, 4) is 0 Å². The lowest BCUT2D eigenvalue weighted by molar-refractivity contribution is 0.906. The Labute approximate surface area is 235 Å². The molecule has 0 aliphatic heterocycles. The summed E-state index contributed by atoms with van der Waals surface area (Å²) in [5, 5.41) is 2.29. The molecule has 12 heteroatoms. The maximum atomic E-state index is 4.56. The van der Waals surface area contributed by atoms with E-state index in [0.29, 0.717) is 0 Å². The van der Waals surface area contributed by atoms with Crippen LogP contribution < -0.4 is 0 Å². The lowest BCUT2D eigenvalue weighted by Gasteiger charge is -2.09. The molecule has 0 spiro atoms. The lowest BCUT2D eigenvalue weighted by Crippen LogP contribution is -1.91. The highest BCUT2D eigenvalue weighted by molar-refractivity contribution is 8.77. The summed E-state index contributed by atoms with van der Waals surface area (Å²) in [6.45, 7) is 12.0. The van der Waals surface area contributed by atoms with Gasteiger partial charge < -0.3 is 0 Å². The summed E-state index contributed by atoms with van der Waals surface area (Å²) < 4.78 is 0. The topological polar surface area (TPSA) is 77.3 Å². The summed E-state index contributed by atoms with van der Waals surface area (Å²) in [5.41, 5.74) is 5.84. The van der Waals surface area contributed by atoms with Crippen molar-refractivity contribution in [1.82, 2.24) is 29.9 Å². The fraction of sp³-hybridized carbons (Fsp3) is 0.250. The van der Waals surface area contributed by atoms with E-state index in [0.717, 1.165) is 64.3 Å². The molecule has 4 aromatic rings. The van der Waals surface area contributed by atoms with E-state index in [9.17, 15) is 0 Å². The largest absolute Gasteiger partial charge is 0.227 e. The van der Waals surface area contributed by atoms with Crippen LogP contribution >= 0.6 is 64.8 Å². The van der Waals surface area contributed by atoms with Crippen LogP contribution in [-0.2, 0) is 0 Å². The summed E-state index contributed by atoms with van der Waals surface area (Å²) >= 11 is 0. The smallest absolute Gasteiger partial charge is 0.199 e. The summed E-state index contributed by atoms with van der Waals surface area (Å²) in [4.78, 5) is 30.7. The number of aryl methyl sites for hydroxylation is 6. The molecule has 186 valence electrons. The zero-order valence-electron chi connectivity index (χ0n) is 20.6. The third kappa shape index (κ3) is 8.56. The molecule has 0 unspecified atom stereocenters. The Morgan fingerprint density at radius 2 is 0.556 bits per heavy atom. The summed E-state index contributed by atoms with van der Waals surface area (Å²) in [5.74, 6) is 0. The molecule has 36 heavy (non-hydrogen) atoms. The quantitative estimate of drug-likeness (QED) is 0.139. The number of nitrogens with zero attached hydrogens (tertiary/aromatic N) is 6. The molecule has 4 rings (SSSR count). The van der Waals surface area contributed by atoms with Crippen LogP contribution in [0.3, 0.4) is 0 Å². The van der Waals surface area contributed by atoms with Gasteiger partial charge in [0.1, 0.15) is 0 Å². The molecule has 0 fully saturated rings. The van der Waals surface area contributed by atoms with Crippen molar-refractivity contribution in [3.05, 3.63) is 70.6 Å². The Kier molecular flexibility index (Phi) is 9.87. The van der Waals surface area contributed by atoms with Gasteiger partial charge in [0.15, 0.2) is 15.5 Å². The van der Waals surface area contributed by atoms with Crippen LogP contribution in [0.15, 0.2) is 66.6 Å². The fourth-order valence-corrected chi connectivity index (χ4v) is 9.09. The van der Waals surface area contributed by atoms with E-state index in [2.05, 4.69) is 48.1 Å². The molecular weight excluding hydrogens is 565 g/mol. The van der Waals surface area contributed by atoms with Crippen LogP contribution in [0.2, 0.25) is 0 Å². The molecule has 1 aromatic carbocycles. The second kappa shape index (κ2) is 12.9. The van der Waals surface area contributed by atoms with E-state index in [1.54, 1.807) is 64.8 Å². The van der Waals surface area contributed by atoms with Gasteiger partial charge in [-0.1, -0.05) is 0 Å². The SMILES string of the molecule is Cc1cc(C)nc(SSc2cc(SSc3nc(C)cc(C)n3)cc(SSc3nc(C)cc(C)n3)c2)n1. The van der Waals surface area contributed by atoms with Gasteiger partial charge in [0.2, 0.25) is 0 Å². The molecule has 0 bridgehead atoms. The molecule has 0 saturated heterocycles. The second-order valence-corrected chi connectivity index (χ2v) is 14.4. The number of hydrogen-bond donors (Lipinski definition) is 0. The molecular formula is C24H24N6S6. The van der Waals surface area contributed by atoms with Crippen molar-refractivity contribution in [2.75, 3.05) is 0 Å². The molecule has 0 saturated carbocycles. The van der Waals surface area contributed by atoms with Gasteiger partial charge in [0.05, 0.1) is 0 Å². The predicted molar refractivity (Wildman–Crippen MR) is 156 cm³/mol. The first-order valence-electron chi connectivity index (χ1n) is 10.9. The number of hydrogen-bond acceptors (Lipinski definition) is 12. The molecule has 0 radical (unpaired) electrons. The van der Waals surface area contributed by atoms with Crippen molar-refractivity contribution in [2.45, 2.75) is 71.7 Å². The van der Waals surface area contributed by atoms with Gasteiger partial charge in [-0.2, -0.15) is 0 Å². The first-order valence-corrected chi connectivity index (χ1v) is 17.3. The van der Waals surface area contributed by atoms with Crippen LogP contribution in [0.25, 0.3) is 0 Å². The number of rotatable bonds is 9. The average molecular weight is 589 g/mol. The maximum Gasteiger partial charge on any atom is 0.199 e. The Balaban J connectivity index is 1.53. The van der Waals surface area contributed by atoms with Crippen molar-refractivity contribution < 1.29 is 0 Å². The van der Waals surface area contributed by atoms with Crippen molar-refractivity contribution in [2.24, 2.45) is 0 Å². The number of benzene rings is 1. The third-order valence-electron chi connectivity index (χ3n) is 4.38. The van der Waals surface area contributed by atoms with Crippen LogP contribution in [0, 0.1) is 41.5 Å². The minimum atomic E-state index is 0.765. The standard InChI is InChI=1S/C24H24N6S6/c1-13-7-14(2)26-22(25-13)34-31-19-10-20(32-35-23-27-15(3)8-16(4)28-23)12-21(11-19)33-36-24-29-17(5)9-18(6)30-24/h7-12H,1-6H3. The van der Waals surface area contributed by atoms with Gasteiger partial charge in [-0.25, -0.2) is 29.9 Å². The van der Waals surface area contributed by atoms with E-state index in [-0.39, 0.29) is 0 Å². The van der Waals surface area contributed by atoms with Crippen molar-refractivity contribution in [1.29, 1.82) is 0 Å². The second-order valence-electron chi connectivity index (χ2n) is 7.94. The van der Waals surface area contributed by atoms with Crippen LogP contribution in [0.5, 0.6) is 0 Å². The summed E-state index contributed by atoms with van der Waals surface area (Å²) in [6.07, 6.45) is 0. The monoisotopic (exact) mass is 588 g/mol. The predicted octanol–water partition coefficient (Wildman–Crippen LogP) is 8.31. The van der Waals surface area contributed by atoms with Crippen molar-refractivity contribution in [3.63, 3.8) is 0 Å². The Morgan fingerprint density at radius 1 is 0.333 bits per heavy atom. The Hall–Kier alpha value is -1.44. The van der Waals surface area contributed by atoms with E-state index in [4.69, 9.17) is 0 Å². The van der Waals surface area contributed by atoms with Gasteiger partial charge in [0.25, 0.3) is 0 Å². The first-order chi connectivity index (χ1) is 17.2. The average Bonchev–Trinajstić information content (AvgIpc) is 2.78. The summed E-state index contributed by atoms with van der Waals surface area (Å²) in [7, 11) is 9.68. The minimum Gasteiger partial charge on any atom is -0.227 e. The summed E-state index contributed by atoms with van der Waals surface area (Å²) in [6, 6.07) is 12.5. The van der Waals surface area contributed by atoms with E-state index < -0.39 is 0 Å². The first kappa shape index (κ1) is 27.6. The van der Waals surface area contributed by atoms with Crippen LogP contribution in [0.4, 0.5) is 0 Å². The Morgan fingerprint density at radius 3 is 0.778 bits per heavy atom. The van der Waals surface area contributed by atoms with E-state index in [1.165, 1.54) is 0 Å². The zero-order chi connectivity index (χ0) is 25.7. The highest BCUT2D eigenvalue weighted by Gasteiger charge is 2.11. The minimum absolute atomic E-state index is 0.765. The van der Waals surface area contributed by atoms with Gasteiger partial charge in [-0.15, -0.1) is 0 Å². The van der Waals surface area contributed by atoms with Gasteiger partial charge >= 0.3 is 0 Å². The molecule has 3 heterocycles. The van der Waals surface area contributed by atoms with Crippen molar-refractivity contribution >= 4 is 64.8 Å². The van der Waals surface area contributed by atoms with Gasteiger partial charge in [-0.3, -0.25) is 0 Å². The van der Waals surface area contributed by atoms with E-state index in [1.807, 2.05) is 59.7 Å². The fourth-order valence-electron chi connectivity index (χ4n) is 3.14. The highest BCUT2D eigenvalue weighted by Crippen LogP contribution is 2.45. The van der Waals surface area contributed by atoms with Crippen LogP contribution in [0.1, 0.15) is 34.2 Å². The zero-order valence-corrected chi connectivity index (χ0v) is 25.5. The molecule has 0 aliphatic rings. The normalized spacial score (nSPS) is 11.2. The highest BCUT2D eigenvalue weighted by atomic mass is 33.1. The molecule has 0 atom stereocenters. The van der Waals surface area contributed by atoms with Crippen LogP contribution in [-0.4, -0.2) is 29.9 Å². The lowest BCUT2D eigenvalue weighted by atomic mass is 10.4. The number of aromatic nitrogens is 6. The molecule has 0 aliphatic carbocycles. The van der Waals surface area contributed by atoms with E-state index >= 15 is 0 Å². The maximum absolute atomic E-state index is 4.56. The molecule has 6 nitrogen and oxygen atoms in total. The third-order valence-corrected chi connectivity index (χ3v) is 10.7. The molecule has 0 N–H and O–H groups in total. The van der Waals surface area contributed by atoms with Gasteiger partial charge in [0, 0.05) is 48.9 Å². The van der Waals surface area contributed by atoms with Gasteiger partial charge in [-0.05, 0) is 143 Å². The molecule has 3 aromatic heterocycles. The Bertz CT molecular complexity index is 1150. The molecule has 0 amide bonds.